The third-order valence-corrected chi connectivity index (χ3v) is 10.6. The molecule has 0 spiro atoms. The van der Waals surface area contributed by atoms with Crippen LogP contribution in [-0.4, -0.2) is 58.5 Å². The van der Waals surface area contributed by atoms with Crippen LogP contribution >= 0.6 is 34.7 Å². The number of thioether (sulfide) groups is 1. The van der Waals surface area contributed by atoms with Gasteiger partial charge in [-0.15, -0.1) is 0 Å². The Kier molecular flexibility index (Phi) is 11.7. The number of nitrogens with one attached hydrogen (secondary N) is 1. The van der Waals surface area contributed by atoms with E-state index in [9.17, 15) is 24.6 Å². The predicted octanol–water partition coefficient (Wildman–Crippen LogP) is 6.98. The highest BCUT2D eigenvalue weighted by atomic mass is 35.5. The maximum absolute atomic E-state index is 13.6. The van der Waals surface area contributed by atoms with E-state index < -0.39 is 5.25 Å². The second-order valence-corrected chi connectivity index (χ2v) is 14.5. The van der Waals surface area contributed by atoms with Crippen molar-refractivity contribution in [3.63, 3.8) is 0 Å². The lowest BCUT2D eigenvalue weighted by atomic mass is 10.0. The first-order chi connectivity index (χ1) is 24.7. The van der Waals surface area contributed by atoms with Crippen LogP contribution in [-0.2, 0) is 24.1 Å². The number of para-hydroxylation sites is 1. The zero-order valence-corrected chi connectivity index (χ0v) is 29.9. The van der Waals surface area contributed by atoms with Crippen LogP contribution in [0.2, 0.25) is 5.02 Å². The monoisotopic (exact) mass is 746 g/mol. The molecule has 2 atom stereocenters. The summed E-state index contributed by atoms with van der Waals surface area (Å²) >= 11 is 8.07. The summed E-state index contributed by atoms with van der Waals surface area (Å²) in [4.78, 5) is 42.1. The van der Waals surface area contributed by atoms with Crippen molar-refractivity contribution in [3.8, 4) is 23.1 Å². The fourth-order valence-electron chi connectivity index (χ4n) is 5.77. The molecule has 4 aromatic carbocycles. The van der Waals surface area contributed by atoms with E-state index >= 15 is 0 Å². The number of thiazole rings is 1. The van der Waals surface area contributed by atoms with Crippen LogP contribution in [0.25, 0.3) is 0 Å². The van der Waals surface area contributed by atoms with Crippen molar-refractivity contribution in [2.45, 2.75) is 30.4 Å². The molecule has 1 aliphatic heterocycles. The molecule has 2 amide bonds. The molecule has 2 unspecified atom stereocenters. The highest BCUT2D eigenvalue weighted by molar-refractivity contribution is 8.15. The van der Waals surface area contributed by atoms with E-state index in [-0.39, 0.29) is 41.0 Å². The number of ether oxygens (including phenoxy) is 3. The molecule has 10 nitrogen and oxygen atoms in total. The lowest BCUT2D eigenvalue weighted by Crippen LogP contribution is -2.32. The fraction of sp³-hybridized carbons (Fsp3) is 0.237. The van der Waals surface area contributed by atoms with E-state index in [2.05, 4.69) is 4.98 Å². The van der Waals surface area contributed by atoms with Gasteiger partial charge in [-0.2, -0.15) is 0 Å². The second kappa shape index (κ2) is 16.5. The van der Waals surface area contributed by atoms with Crippen molar-refractivity contribution >= 4 is 51.5 Å². The van der Waals surface area contributed by atoms with Gasteiger partial charge in [-0.1, -0.05) is 83.2 Å². The minimum Gasteiger partial charge on any atom is -0.494 e. The molecule has 51 heavy (non-hydrogen) atoms. The minimum absolute atomic E-state index is 0.0866. The van der Waals surface area contributed by atoms with Crippen LogP contribution in [0.3, 0.4) is 0 Å². The largest absolute Gasteiger partial charge is 0.494 e. The van der Waals surface area contributed by atoms with Crippen LogP contribution in [0.4, 0.5) is 10.5 Å². The second-order valence-electron chi connectivity index (χ2n) is 11.8. The highest BCUT2D eigenvalue weighted by Gasteiger charge is 2.42. The number of hydrogen-bond donors (Lipinski definition) is 3. The number of hydrogen-bond acceptors (Lipinski definition) is 10. The Hall–Kier alpha value is -4.75. The summed E-state index contributed by atoms with van der Waals surface area (Å²) < 4.78 is 17.6. The lowest BCUT2D eigenvalue weighted by Gasteiger charge is -2.20. The summed E-state index contributed by atoms with van der Waals surface area (Å²) in [7, 11) is 1.51. The van der Waals surface area contributed by atoms with Crippen molar-refractivity contribution in [2.24, 2.45) is 0 Å². The number of aliphatic hydroxyl groups is 1. The number of aromatic nitrogens is 1. The van der Waals surface area contributed by atoms with E-state index in [0.717, 1.165) is 45.4 Å². The van der Waals surface area contributed by atoms with Crippen LogP contribution in [0.1, 0.15) is 33.0 Å². The number of amides is 2. The van der Waals surface area contributed by atoms with Gasteiger partial charge in [-0.25, -0.2) is 4.90 Å². The summed E-state index contributed by atoms with van der Waals surface area (Å²) in [6.07, 6.45) is 1.24. The SMILES string of the molecule is COc1c(CCOc2ccc(Cc3sc(=O)[nH]c3O)cc2)cccc1N1C(=O)SC(Cc2ccc(OCC(CO)c3cccc(Cl)c3)cc2)C1=O. The number of aromatic amines is 1. The van der Waals surface area contributed by atoms with Gasteiger partial charge >= 0.3 is 4.87 Å². The van der Waals surface area contributed by atoms with Crippen molar-refractivity contribution in [3.05, 3.63) is 133 Å². The Balaban J connectivity index is 1.04. The molecule has 0 aliphatic carbocycles. The van der Waals surface area contributed by atoms with Gasteiger partial charge in [0.1, 0.15) is 17.2 Å². The van der Waals surface area contributed by atoms with Crippen molar-refractivity contribution < 1.29 is 34.0 Å². The average Bonchev–Trinajstić information content (AvgIpc) is 3.59. The molecule has 1 aliphatic rings. The maximum Gasteiger partial charge on any atom is 0.307 e. The normalized spacial score (nSPS) is 14.9. The molecule has 13 heteroatoms. The first-order valence-electron chi connectivity index (χ1n) is 16.1. The zero-order valence-electron chi connectivity index (χ0n) is 27.5. The molecule has 1 saturated heterocycles. The molecule has 6 rings (SSSR count). The molecule has 0 saturated carbocycles. The van der Waals surface area contributed by atoms with E-state index in [0.29, 0.717) is 58.7 Å². The molecule has 0 radical (unpaired) electrons. The molecule has 2 heterocycles. The fourth-order valence-corrected chi connectivity index (χ4v) is 7.75. The van der Waals surface area contributed by atoms with Crippen LogP contribution in [0, 0.1) is 0 Å². The number of imide groups is 1. The maximum atomic E-state index is 13.6. The van der Waals surface area contributed by atoms with Gasteiger partial charge in [-0.05, 0) is 71.1 Å². The topological polar surface area (TPSA) is 138 Å². The van der Waals surface area contributed by atoms with Gasteiger partial charge in [0.15, 0.2) is 0 Å². The van der Waals surface area contributed by atoms with Crippen molar-refractivity contribution in [1.82, 2.24) is 4.98 Å². The van der Waals surface area contributed by atoms with Gasteiger partial charge < -0.3 is 24.4 Å². The third-order valence-electron chi connectivity index (χ3n) is 8.41. The minimum atomic E-state index is -0.602. The molecule has 0 bridgehead atoms. The number of aromatic hydroxyl groups is 1. The summed E-state index contributed by atoms with van der Waals surface area (Å²) in [5, 5.41) is 19.3. The molecule has 1 fully saturated rings. The molecule has 1 aromatic heterocycles. The number of methoxy groups -OCH3 is 1. The van der Waals surface area contributed by atoms with E-state index in [1.165, 1.54) is 12.0 Å². The molecular weight excluding hydrogens is 712 g/mol. The summed E-state index contributed by atoms with van der Waals surface area (Å²) in [6, 6.07) is 27.5. The molecule has 5 aromatic rings. The van der Waals surface area contributed by atoms with Crippen LogP contribution < -0.4 is 24.0 Å². The average molecular weight is 747 g/mol. The number of nitrogens with zero attached hydrogens (tertiary/aromatic N) is 1. The Labute approximate surface area is 307 Å². The number of anilines is 1. The van der Waals surface area contributed by atoms with E-state index in [1.807, 2.05) is 72.8 Å². The molecule has 3 N–H and O–H groups in total. The standard InChI is InChI=1S/C38H35ClN2O8S2/c1-47-34-25(16-17-48-29-12-8-23(9-13-29)18-32-35(43)40-37(45)50-32)4-3-7-31(34)41-36(44)33(51-38(41)46)19-24-10-14-30(15-11-24)49-22-27(21-42)26-5-2-6-28(39)20-26/h2-15,20,27,33,42-43H,16-19,21-22H2,1H3,(H,40,45). The summed E-state index contributed by atoms with van der Waals surface area (Å²) in [6.45, 7) is 0.501. The Morgan fingerprint density at radius 2 is 1.63 bits per heavy atom. The lowest BCUT2D eigenvalue weighted by molar-refractivity contribution is -0.117. The van der Waals surface area contributed by atoms with Gasteiger partial charge in [0.2, 0.25) is 11.8 Å². The predicted molar refractivity (Wildman–Crippen MR) is 199 cm³/mol. The van der Waals surface area contributed by atoms with Crippen molar-refractivity contribution in [1.29, 1.82) is 0 Å². The van der Waals surface area contributed by atoms with E-state index in [4.69, 9.17) is 25.8 Å². The molecule has 264 valence electrons. The zero-order chi connectivity index (χ0) is 35.9. The Morgan fingerprint density at radius 3 is 2.29 bits per heavy atom. The number of halogens is 1. The number of carbonyl (C=O) groups is 2. The van der Waals surface area contributed by atoms with Gasteiger partial charge in [-0.3, -0.25) is 19.4 Å². The number of carbonyl (C=O) groups excluding carboxylic acids is 2. The van der Waals surface area contributed by atoms with Crippen molar-refractivity contribution in [2.75, 3.05) is 31.8 Å². The van der Waals surface area contributed by atoms with Gasteiger partial charge in [0.25, 0.3) is 5.24 Å². The number of aliphatic hydroxyl groups excluding tert-OH is 1. The summed E-state index contributed by atoms with van der Waals surface area (Å²) in [5.41, 5.74) is 3.86. The highest BCUT2D eigenvalue weighted by Crippen LogP contribution is 2.40. The number of H-pyrrole nitrogens is 1. The first-order valence-corrected chi connectivity index (χ1v) is 18.2. The van der Waals surface area contributed by atoms with Gasteiger partial charge in [0.05, 0.1) is 42.7 Å². The smallest absolute Gasteiger partial charge is 0.307 e. The van der Waals surface area contributed by atoms with Crippen LogP contribution in [0.5, 0.6) is 23.1 Å². The van der Waals surface area contributed by atoms with Gasteiger partial charge in [0, 0.05) is 23.8 Å². The third kappa shape index (κ3) is 8.77. The quantitative estimate of drug-likeness (QED) is 0.104. The van der Waals surface area contributed by atoms with Crippen LogP contribution in [0.15, 0.2) is 95.8 Å². The number of rotatable bonds is 15. The number of benzene rings is 4. The molecular formula is C38H35ClN2O8S2. The Bertz CT molecular complexity index is 2050. The summed E-state index contributed by atoms with van der Waals surface area (Å²) in [5.74, 6) is 1.05. The Morgan fingerprint density at radius 1 is 0.922 bits per heavy atom. The van der Waals surface area contributed by atoms with E-state index in [1.54, 1.807) is 18.2 Å². The first kappa shape index (κ1) is 36.1.